The topological polar surface area (TPSA) is 15.7 Å². The second-order valence-corrected chi connectivity index (χ2v) is 5.46. The Labute approximate surface area is 94.4 Å². The van der Waals surface area contributed by atoms with E-state index in [0.717, 1.165) is 13.0 Å². The smallest absolute Gasteiger partial charge is 0.0598 e. The molecule has 90 valence electrons. The molecule has 1 rings (SSSR count). The Hall–Kier alpha value is -0.120. The van der Waals surface area contributed by atoms with E-state index in [-0.39, 0.29) is 5.60 Å². The van der Waals surface area contributed by atoms with Crippen LogP contribution < -0.4 is 0 Å². The first-order valence-electron chi connectivity index (χ1n) is 6.02. The van der Waals surface area contributed by atoms with E-state index in [4.69, 9.17) is 4.74 Å². The first-order valence-corrected chi connectivity index (χ1v) is 6.02. The highest BCUT2D eigenvalue weighted by atomic mass is 16.5. The van der Waals surface area contributed by atoms with Crippen LogP contribution in [0.4, 0.5) is 0 Å². The summed E-state index contributed by atoms with van der Waals surface area (Å²) < 4.78 is 5.70. The molecule has 0 aromatic carbocycles. The Morgan fingerprint density at radius 1 is 1.07 bits per heavy atom. The molecule has 0 aliphatic carbocycles. The predicted octanol–water partition coefficient (Wildman–Crippen LogP) is 1.44. The lowest BCUT2D eigenvalue weighted by Gasteiger charge is -2.32. The quantitative estimate of drug-likeness (QED) is 0.659. The molecule has 15 heavy (non-hydrogen) atoms. The van der Waals surface area contributed by atoms with Gasteiger partial charge in [0.2, 0.25) is 0 Å². The van der Waals surface area contributed by atoms with Gasteiger partial charge in [-0.2, -0.15) is 0 Å². The molecule has 0 N–H and O–H groups in total. The molecule has 0 aromatic rings. The van der Waals surface area contributed by atoms with Crippen molar-refractivity contribution in [3.8, 4) is 0 Å². The molecule has 3 heteroatoms. The number of hydrogen-bond donors (Lipinski definition) is 0. The molecule has 0 unspecified atom stereocenters. The summed E-state index contributed by atoms with van der Waals surface area (Å²) in [7, 11) is 2.19. The Balaban J connectivity index is 2.01. The Bertz CT molecular complexity index is 169. The molecule has 0 saturated carbocycles. The summed E-state index contributed by atoms with van der Waals surface area (Å²) >= 11 is 0. The summed E-state index contributed by atoms with van der Waals surface area (Å²) in [5, 5.41) is 0. The number of nitrogens with zero attached hydrogens (tertiary/aromatic N) is 2. The Kier molecular flexibility index (Phi) is 5.03. The number of piperazine rings is 1. The van der Waals surface area contributed by atoms with Crippen LogP contribution in [-0.2, 0) is 4.74 Å². The fourth-order valence-electron chi connectivity index (χ4n) is 1.74. The lowest BCUT2D eigenvalue weighted by atomic mass is 10.2. The van der Waals surface area contributed by atoms with Crippen LogP contribution in [0.15, 0.2) is 0 Å². The number of ether oxygens (including phenoxy) is 1. The molecule has 0 radical (unpaired) electrons. The number of rotatable bonds is 4. The summed E-state index contributed by atoms with van der Waals surface area (Å²) in [4.78, 5) is 4.92. The summed E-state index contributed by atoms with van der Waals surface area (Å²) in [5.74, 6) is 0. The molecule has 0 spiro atoms. The van der Waals surface area contributed by atoms with E-state index in [0.29, 0.717) is 0 Å². The standard InChI is InChI=1S/C12H26N2O/c1-12(2,3)15-11-5-6-14-9-7-13(4)8-10-14/h5-11H2,1-4H3. The van der Waals surface area contributed by atoms with Crippen molar-refractivity contribution in [2.24, 2.45) is 0 Å². The van der Waals surface area contributed by atoms with Crippen LogP contribution >= 0.6 is 0 Å². The van der Waals surface area contributed by atoms with Crippen molar-refractivity contribution in [2.75, 3.05) is 46.4 Å². The molecule has 1 saturated heterocycles. The third-order valence-electron chi connectivity index (χ3n) is 2.75. The maximum atomic E-state index is 5.70. The van der Waals surface area contributed by atoms with Gasteiger partial charge >= 0.3 is 0 Å². The molecule has 1 aliphatic rings. The average Bonchev–Trinajstić information content (AvgIpc) is 2.14. The largest absolute Gasteiger partial charge is 0.376 e. The van der Waals surface area contributed by atoms with E-state index in [1.54, 1.807) is 0 Å². The van der Waals surface area contributed by atoms with Gasteiger partial charge in [-0.3, -0.25) is 0 Å². The van der Waals surface area contributed by atoms with Crippen LogP contribution in [-0.4, -0.2) is 61.8 Å². The zero-order valence-corrected chi connectivity index (χ0v) is 10.8. The lowest BCUT2D eigenvalue weighted by Crippen LogP contribution is -2.44. The number of hydrogen-bond acceptors (Lipinski definition) is 3. The number of likely N-dealkylation sites (N-methyl/N-ethyl adjacent to an activating group) is 1. The average molecular weight is 214 g/mol. The van der Waals surface area contributed by atoms with Gasteiger partial charge in [0.15, 0.2) is 0 Å². The van der Waals surface area contributed by atoms with Crippen molar-refractivity contribution in [3.63, 3.8) is 0 Å². The molecular weight excluding hydrogens is 188 g/mol. The maximum Gasteiger partial charge on any atom is 0.0598 e. The van der Waals surface area contributed by atoms with Crippen LogP contribution in [0.5, 0.6) is 0 Å². The molecule has 0 atom stereocenters. The van der Waals surface area contributed by atoms with E-state index in [9.17, 15) is 0 Å². The van der Waals surface area contributed by atoms with Gasteiger partial charge in [-0.05, 0) is 34.2 Å². The molecule has 0 aromatic heterocycles. The lowest BCUT2D eigenvalue weighted by molar-refractivity contribution is -0.00807. The van der Waals surface area contributed by atoms with E-state index < -0.39 is 0 Å². The minimum absolute atomic E-state index is 0.0160. The van der Waals surface area contributed by atoms with Gasteiger partial charge in [0.25, 0.3) is 0 Å². The van der Waals surface area contributed by atoms with Crippen LogP contribution in [0.1, 0.15) is 27.2 Å². The fourth-order valence-corrected chi connectivity index (χ4v) is 1.74. The van der Waals surface area contributed by atoms with Crippen molar-refractivity contribution < 1.29 is 4.74 Å². The first kappa shape index (κ1) is 12.9. The zero-order chi connectivity index (χ0) is 11.3. The Morgan fingerprint density at radius 2 is 1.67 bits per heavy atom. The highest BCUT2D eigenvalue weighted by molar-refractivity contribution is 4.69. The highest BCUT2D eigenvalue weighted by Crippen LogP contribution is 2.07. The van der Waals surface area contributed by atoms with Gasteiger partial charge in [0.1, 0.15) is 0 Å². The third-order valence-corrected chi connectivity index (χ3v) is 2.75. The molecule has 1 aliphatic heterocycles. The first-order chi connectivity index (χ1) is 6.97. The van der Waals surface area contributed by atoms with Crippen LogP contribution in [0.3, 0.4) is 0 Å². The highest BCUT2D eigenvalue weighted by Gasteiger charge is 2.14. The fraction of sp³-hybridized carbons (Fsp3) is 1.00. The monoisotopic (exact) mass is 214 g/mol. The zero-order valence-electron chi connectivity index (χ0n) is 10.8. The van der Waals surface area contributed by atoms with Gasteiger partial charge in [-0.15, -0.1) is 0 Å². The second kappa shape index (κ2) is 5.83. The molecule has 0 bridgehead atoms. The van der Waals surface area contributed by atoms with E-state index >= 15 is 0 Å². The predicted molar refractivity (Wildman–Crippen MR) is 64.3 cm³/mol. The summed E-state index contributed by atoms with van der Waals surface area (Å²) in [5.41, 5.74) is 0.0160. The van der Waals surface area contributed by atoms with Crippen molar-refractivity contribution in [3.05, 3.63) is 0 Å². The van der Waals surface area contributed by atoms with Crippen molar-refractivity contribution in [1.29, 1.82) is 0 Å². The summed E-state index contributed by atoms with van der Waals surface area (Å²) in [6, 6.07) is 0. The minimum atomic E-state index is 0.0160. The summed E-state index contributed by atoms with van der Waals surface area (Å²) in [6.07, 6.45) is 1.15. The van der Waals surface area contributed by atoms with Crippen molar-refractivity contribution in [1.82, 2.24) is 9.80 Å². The second-order valence-electron chi connectivity index (χ2n) is 5.46. The SMILES string of the molecule is CN1CCN(CCCOC(C)(C)C)CC1. The van der Waals surface area contributed by atoms with E-state index in [1.165, 1.54) is 32.7 Å². The minimum Gasteiger partial charge on any atom is -0.376 e. The van der Waals surface area contributed by atoms with Crippen LogP contribution in [0, 0.1) is 0 Å². The van der Waals surface area contributed by atoms with E-state index in [1.807, 2.05) is 0 Å². The van der Waals surface area contributed by atoms with Crippen molar-refractivity contribution in [2.45, 2.75) is 32.8 Å². The van der Waals surface area contributed by atoms with Crippen molar-refractivity contribution >= 4 is 0 Å². The van der Waals surface area contributed by atoms with Gasteiger partial charge in [-0.25, -0.2) is 0 Å². The molecule has 1 fully saturated rings. The van der Waals surface area contributed by atoms with Crippen LogP contribution in [0.2, 0.25) is 0 Å². The molecule has 1 heterocycles. The molecule has 3 nitrogen and oxygen atoms in total. The van der Waals surface area contributed by atoms with Gasteiger partial charge in [-0.1, -0.05) is 0 Å². The summed E-state index contributed by atoms with van der Waals surface area (Å²) in [6.45, 7) is 13.3. The van der Waals surface area contributed by atoms with E-state index in [2.05, 4.69) is 37.6 Å². The van der Waals surface area contributed by atoms with Gasteiger partial charge in [0, 0.05) is 39.3 Å². The third kappa shape index (κ3) is 6.13. The Morgan fingerprint density at radius 3 is 2.20 bits per heavy atom. The van der Waals surface area contributed by atoms with Crippen LogP contribution in [0.25, 0.3) is 0 Å². The molecule has 0 amide bonds. The maximum absolute atomic E-state index is 5.70. The van der Waals surface area contributed by atoms with Gasteiger partial charge in [0.05, 0.1) is 5.60 Å². The molecular formula is C12H26N2O. The normalized spacial score (nSPS) is 20.8. The van der Waals surface area contributed by atoms with Gasteiger partial charge < -0.3 is 14.5 Å².